The van der Waals surface area contributed by atoms with Crippen molar-refractivity contribution in [1.29, 1.82) is 0 Å². The van der Waals surface area contributed by atoms with Crippen molar-refractivity contribution in [2.45, 2.75) is 26.3 Å². The Kier molecular flexibility index (Phi) is 5.59. The van der Waals surface area contributed by atoms with Gasteiger partial charge >= 0.3 is 5.97 Å². The Balaban J connectivity index is 1.83. The highest BCUT2D eigenvalue weighted by Crippen LogP contribution is 2.33. The van der Waals surface area contributed by atoms with Gasteiger partial charge in [0, 0.05) is 18.8 Å². The molecular formula is C22H22N2O4. The number of fused-ring (bicyclic) bond motifs is 1. The molecule has 2 amide bonds. The summed E-state index contributed by atoms with van der Waals surface area (Å²) in [5.41, 5.74) is 3.49. The smallest absolute Gasteiger partial charge is 0.338 e. The van der Waals surface area contributed by atoms with Crippen molar-refractivity contribution >= 4 is 29.5 Å². The number of nitrogens with zero attached hydrogens (tertiary/aromatic N) is 1. The number of methoxy groups -OCH3 is 1. The standard InChI is InChI=1S/C22H22N2O4/c1-14-17(22(27)28-3)9-6-10-19(14)23-21(26)13-20-18-8-5-4-7-16(18)11-12-24(20)15(2)25/h4-12,20H,13H2,1-3H3,(H,23,26)/t20-/m0/s1. The molecule has 1 aliphatic rings. The molecule has 2 aromatic rings. The van der Waals surface area contributed by atoms with Gasteiger partial charge in [-0.1, -0.05) is 30.3 Å². The predicted octanol–water partition coefficient (Wildman–Crippen LogP) is 3.68. The van der Waals surface area contributed by atoms with E-state index >= 15 is 0 Å². The molecule has 28 heavy (non-hydrogen) atoms. The molecule has 0 aromatic heterocycles. The SMILES string of the molecule is COC(=O)c1cccc(NC(=O)C[C@H]2c3ccccc3C=CN2C(C)=O)c1C. The third-order valence-electron chi connectivity index (χ3n) is 4.86. The molecule has 0 unspecified atom stereocenters. The summed E-state index contributed by atoms with van der Waals surface area (Å²) in [4.78, 5) is 38.3. The maximum atomic E-state index is 12.8. The fourth-order valence-electron chi connectivity index (χ4n) is 3.39. The maximum absolute atomic E-state index is 12.8. The van der Waals surface area contributed by atoms with Crippen LogP contribution in [-0.4, -0.2) is 29.8 Å². The number of rotatable bonds is 4. The third-order valence-corrected chi connectivity index (χ3v) is 4.86. The van der Waals surface area contributed by atoms with Crippen LogP contribution in [0.5, 0.6) is 0 Å². The topological polar surface area (TPSA) is 75.7 Å². The van der Waals surface area contributed by atoms with E-state index in [0.29, 0.717) is 16.8 Å². The molecule has 0 bridgehead atoms. The van der Waals surface area contributed by atoms with Crippen molar-refractivity contribution in [3.05, 3.63) is 70.9 Å². The number of benzene rings is 2. The molecule has 1 heterocycles. The summed E-state index contributed by atoms with van der Waals surface area (Å²) in [7, 11) is 1.32. The van der Waals surface area contributed by atoms with Crippen molar-refractivity contribution in [3.63, 3.8) is 0 Å². The summed E-state index contributed by atoms with van der Waals surface area (Å²) < 4.78 is 4.77. The summed E-state index contributed by atoms with van der Waals surface area (Å²) in [6.07, 6.45) is 3.68. The fraction of sp³-hybridized carbons (Fsp3) is 0.227. The van der Waals surface area contributed by atoms with E-state index in [2.05, 4.69) is 5.32 Å². The van der Waals surface area contributed by atoms with Gasteiger partial charge < -0.3 is 15.0 Å². The second-order valence-corrected chi connectivity index (χ2v) is 6.61. The number of esters is 1. The van der Waals surface area contributed by atoms with Crippen LogP contribution in [0.2, 0.25) is 0 Å². The van der Waals surface area contributed by atoms with Crippen LogP contribution >= 0.6 is 0 Å². The zero-order valence-electron chi connectivity index (χ0n) is 16.1. The maximum Gasteiger partial charge on any atom is 0.338 e. The Hall–Kier alpha value is -3.41. The van der Waals surface area contributed by atoms with E-state index in [0.717, 1.165) is 11.1 Å². The molecule has 6 nitrogen and oxygen atoms in total. The van der Waals surface area contributed by atoms with Crippen LogP contribution < -0.4 is 5.32 Å². The van der Waals surface area contributed by atoms with Gasteiger partial charge in [-0.05, 0) is 41.8 Å². The molecule has 0 radical (unpaired) electrons. The Bertz CT molecular complexity index is 965. The lowest BCUT2D eigenvalue weighted by molar-refractivity contribution is -0.129. The lowest BCUT2D eigenvalue weighted by Gasteiger charge is -2.32. The molecular weight excluding hydrogens is 356 g/mol. The number of carbonyl (C=O) groups excluding carboxylic acids is 3. The Morgan fingerprint density at radius 2 is 1.86 bits per heavy atom. The van der Waals surface area contributed by atoms with E-state index < -0.39 is 5.97 Å². The van der Waals surface area contributed by atoms with Crippen LogP contribution in [0.1, 0.15) is 46.4 Å². The lowest BCUT2D eigenvalue weighted by atomic mass is 9.93. The van der Waals surface area contributed by atoms with Gasteiger partial charge in [-0.3, -0.25) is 9.59 Å². The molecule has 1 atom stereocenters. The predicted molar refractivity (Wildman–Crippen MR) is 107 cm³/mol. The Labute approximate surface area is 163 Å². The van der Waals surface area contributed by atoms with Crippen LogP contribution in [0, 0.1) is 6.92 Å². The number of nitrogens with one attached hydrogen (secondary N) is 1. The van der Waals surface area contributed by atoms with Crippen molar-refractivity contribution in [2.75, 3.05) is 12.4 Å². The van der Waals surface area contributed by atoms with E-state index in [9.17, 15) is 14.4 Å². The molecule has 1 N–H and O–H groups in total. The first kappa shape index (κ1) is 19.4. The van der Waals surface area contributed by atoms with Crippen LogP contribution in [0.25, 0.3) is 6.08 Å². The van der Waals surface area contributed by atoms with E-state index in [4.69, 9.17) is 4.74 Å². The van der Waals surface area contributed by atoms with Crippen LogP contribution in [0.4, 0.5) is 5.69 Å². The monoisotopic (exact) mass is 378 g/mol. The highest BCUT2D eigenvalue weighted by atomic mass is 16.5. The normalized spacial score (nSPS) is 15.0. The van der Waals surface area contributed by atoms with Crippen LogP contribution in [-0.2, 0) is 14.3 Å². The van der Waals surface area contributed by atoms with E-state index in [1.54, 1.807) is 36.2 Å². The molecule has 3 rings (SSSR count). The van der Waals surface area contributed by atoms with Gasteiger partial charge in [0.1, 0.15) is 0 Å². The minimum Gasteiger partial charge on any atom is -0.465 e. The van der Waals surface area contributed by atoms with Crippen molar-refractivity contribution < 1.29 is 19.1 Å². The third kappa shape index (κ3) is 3.81. The molecule has 0 spiro atoms. The highest BCUT2D eigenvalue weighted by molar-refractivity contribution is 5.97. The second-order valence-electron chi connectivity index (χ2n) is 6.61. The molecule has 144 valence electrons. The van der Waals surface area contributed by atoms with Crippen molar-refractivity contribution in [3.8, 4) is 0 Å². The molecule has 6 heteroatoms. The minimum atomic E-state index is -0.456. The molecule has 0 saturated carbocycles. The summed E-state index contributed by atoms with van der Waals surface area (Å²) in [5, 5.41) is 2.86. The first-order chi connectivity index (χ1) is 13.4. The van der Waals surface area contributed by atoms with Gasteiger partial charge in [0.05, 0.1) is 25.1 Å². The number of amides is 2. The Morgan fingerprint density at radius 1 is 1.11 bits per heavy atom. The van der Waals surface area contributed by atoms with Crippen molar-refractivity contribution in [1.82, 2.24) is 4.90 Å². The number of hydrogen-bond acceptors (Lipinski definition) is 4. The molecule has 0 fully saturated rings. The lowest BCUT2D eigenvalue weighted by Crippen LogP contribution is -2.33. The number of ether oxygens (including phenoxy) is 1. The largest absolute Gasteiger partial charge is 0.465 e. The minimum absolute atomic E-state index is 0.100. The summed E-state index contributed by atoms with van der Waals surface area (Å²) in [5.74, 6) is -0.832. The van der Waals surface area contributed by atoms with E-state index in [1.807, 2.05) is 30.3 Å². The highest BCUT2D eigenvalue weighted by Gasteiger charge is 2.28. The number of anilines is 1. The molecule has 1 aliphatic heterocycles. The molecule has 2 aromatic carbocycles. The zero-order valence-corrected chi connectivity index (χ0v) is 16.1. The summed E-state index contributed by atoms with van der Waals surface area (Å²) in [6.45, 7) is 3.23. The second kappa shape index (κ2) is 8.08. The first-order valence-corrected chi connectivity index (χ1v) is 8.96. The van der Waals surface area contributed by atoms with Crippen LogP contribution in [0.15, 0.2) is 48.7 Å². The number of hydrogen-bond donors (Lipinski definition) is 1. The summed E-state index contributed by atoms with van der Waals surface area (Å²) >= 11 is 0. The van der Waals surface area contributed by atoms with Crippen molar-refractivity contribution in [2.24, 2.45) is 0 Å². The first-order valence-electron chi connectivity index (χ1n) is 8.96. The van der Waals surface area contributed by atoms with Gasteiger partial charge in [-0.25, -0.2) is 4.79 Å². The average molecular weight is 378 g/mol. The number of carbonyl (C=O) groups is 3. The van der Waals surface area contributed by atoms with Gasteiger partial charge in [-0.2, -0.15) is 0 Å². The summed E-state index contributed by atoms with van der Waals surface area (Å²) in [6, 6.07) is 12.4. The fourth-order valence-corrected chi connectivity index (χ4v) is 3.39. The van der Waals surface area contributed by atoms with Gasteiger partial charge in [0.15, 0.2) is 0 Å². The molecule has 0 aliphatic carbocycles. The zero-order chi connectivity index (χ0) is 20.3. The Morgan fingerprint density at radius 3 is 2.57 bits per heavy atom. The van der Waals surface area contributed by atoms with Gasteiger partial charge in [-0.15, -0.1) is 0 Å². The van der Waals surface area contributed by atoms with Gasteiger partial charge in [0.25, 0.3) is 0 Å². The van der Waals surface area contributed by atoms with Gasteiger partial charge in [0.2, 0.25) is 11.8 Å². The van der Waals surface area contributed by atoms with E-state index in [1.165, 1.54) is 14.0 Å². The molecule has 0 saturated heterocycles. The average Bonchev–Trinajstić information content (AvgIpc) is 2.69. The quantitative estimate of drug-likeness (QED) is 0.824. The van der Waals surface area contributed by atoms with Crippen LogP contribution in [0.3, 0.4) is 0 Å². The van der Waals surface area contributed by atoms with E-state index in [-0.39, 0.29) is 24.3 Å².